The Labute approximate surface area is 144 Å². The predicted molar refractivity (Wildman–Crippen MR) is 98.8 cm³/mol. The van der Waals surface area contributed by atoms with Crippen LogP contribution in [0.2, 0.25) is 0 Å². The highest BCUT2D eigenvalue weighted by Crippen LogP contribution is 2.43. The molecule has 3 heteroatoms. The minimum Gasteiger partial charge on any atom is -0.300 e. The zero-order valence-electron chi connectivity index (χ0n) is 14.2. The number of nitrogens with zero attached hydrogens (tertiary/aromatic N) is 2. The molecule has 3 atom stereocenters. The Morgan fingerprint density at radius 1 is 0.957 bits per heavy atom. The zero-order chi connectivity index (χ0) is 15.6. The first-order chi connectivity index (χ1) is 11.3. The first-order valence-corrected chi connectivity index (χ1v) is 10.3. The van der Waals surface area contributed by atoms with E-state index in [0.717, 1.165) is 24.3 Å². The normalized spacial score (nSPS) is 31.1. The molecule has 4 rings (SSSR count). The zero-order valence-corrected chi connectivity index (χ0v) is 15.0. The molecular formula is C20H28N2S. The fraction of sp³-hybridized carbons (Fsp3) is 0.600. The summed E-state index contributed by atoms with van der Waals surface area (Å²) in [5.41, 5.74) is 1.45. The van der Waals surface area contributed by atoms with E-state index in [1.54, 1.807) is 0 Å². The molecule has 0 unspecified atom stereocenters. The number of benzene rings is 1. The van der Waals surface area contributed by atoms with Crippen LogP contribution in [0, 0.1) is 17.8 Å². The summed E-state index contributed by atoms with van der Waals surface area (Å²) in [6.07, 6.45) is 9.98. The summed E-state index contributed by atoms with van der Waals surface area (Å²) in [7, 11) is 0. The van der Waals surface area contributed by atoms with Gasteiger partial charge in [0.2, 0.25) is 0 Å². The van der Waals surface area contributed by atoms with Gasteiger partial charge >= 0.3 is 0 Å². The van der Waals surface area contributed by atoms with Crippen LogP contribution in [0.15, 0.2) is 41.3 Å². The second kappa shape index (κ2) is 7.00. The van der Waals surface area contributed by atoms with E-state index in [9.17, 15) is 0 Å². The quantitative estimate of drug-likeness (QED) is 0.600. The first kappa shape index (κ1) is 15.7. The van der Waals surface area contributed by atoms with E-state index in [1.165, 1.54) is 56.0 Å². The number of fused-ring (bicyclic) bond motifs is 2. The molecule has 1 aliphatic heterocycles. The molecule has 1 saturated heterocycles. The highest BCUT2D eigenvalue weighted by Gasteiger charge is 2.36. The first-order valence-electron chi connectivity index (χ1n) is 9.06. The van der Waals surface area contributed by atoms with Crippen molar-refractivity contribution < 1.29 is 0 Å². The summed E-state index contributed by atoms with van der Waals surface area (Å²) in [4.78, 5) is 6.69. The summed E-state index contributed by atoms with van der Waals surface area (Å²) in [5, 5.41) is 0. The van der Waals surface area contributed by atoms with Crippen LogP contribution in [0.5, 0.6) is 0 Å². The summed E-state index contributed by atoms with van der Waals surface area (Å²) < 4.78 is 0. The SMILES string of the molecule is CSc1ccc(CN2CCN(C[C@@H]3C[C@@H]4C=C[C@H]3C4)CC2)cc1. The van der Waals surface area contributed by atoms with Crippen molar-refractivity contribution in [1.29, 1.82) is 0 Å². The molecule has 0 aromatic heterocycles. The van der Waals surface area contributed by atoms with Crippen molar-refractivity contribution >= 4 is 11.8 Å². The van der Waals surface area contributed by atoms with Crippen LogP contribution in [0.1, 0.15) is 18.4 Å². The van der Waals surface area contributed by atoms with Crippen molar-refractivity contribution in [3.05, 3.63) is 42.0 Å². The number of hydrogen-bond donors (Lipinski definition) is 0. The maximum absolute atomic E-state index is 2.71. The molecule has 0 radical (unpaired) electrons. The summed E-state index contributed by atoms with van der Waals surface area (Å²) >= 11 is 1.82. The Hall–Kier alpha value is -0.770. The largest absolute Gasteiger partial charge is 0.300 e. The molecule has 2 fully saturated rings. The molecule has 1 saturated carbocycles. The molecule has 1 aromatic rings. The molecule has 124 valence electrons. The van der Waals surface area contributed by atoms with Crippen molar-refractivity contribution in [3.8, 4) is 0 Å². The van der Waals surface area contributed by atoms with E-state index in [2.05, 4.69) is 52.5 Å². The van der Waals surface area contributed by atoms with E-state index in [4.69, 9.17) is 0 Å². The Morgan fingerprint density at radius 3 is 2.30 bits per heavy atom. The number of rotatable bonds is 5. The van der Waals surface area contributed by atoms with E-state index in [-0.39, 0.29) is 0 Å². The molecule has 3 aliphatic rings. The van der Waals surface area contributed by atoms with Gasteiger partial charge in [-0.3, -0.25) is 4.90 Å². The molecule has 23 heavy (non-hydrogen) atoms. The van der Waals surface area contributed by atoms with Gasteiger partial charge in [-0.1, -0.05) is 24.3 Å². The van der Waals surface area contributed by atoms with Crippen LogP contribution >= 0.6 is 11.8 Å². The fourth-order valence-electron chi connectivity index (χ4n) is 4.56. The summed E-state index contributed by atoms with van der Waals surface area (Å²) in [6.45, 7) is 7.39. The van der Waals surface area contributed by atoms with E-state index >= 15 is 0 Å². The number of piperazine rings is 1. The number of thioether (sulfide) groups is 1. The van der Waals surface area contributed by atoms with Gasteiger partial charge in [0.25, 0.3) is 0 Å². The third-order valence-corrected chi connectivity index (χ3v) is 6.68. The lowest BCUT2D eigenvalue weighted by Gasteiger charge is -2.37. The van der Waals surface area contributed by atoms with Gasteiger partial charge < -0.3 is 4.90 Å². The Bertz CT molecular complexity index is 545. The minimum absolute atomic E-state index is 0.896. The van der Waals surface area contributed by atoms with Crippen LogP contribution in [0.4, 0.5) is 0 Å². The maximum atomic E-state index is 2.71. The van der Waals surface area contributed by atoms with Gasteiger partial charge in [-0.05, 0) is 54.5 Å². The van der Waals surface area contributed by atoms with Gasteiger partial charge in [-0.25, -0.2) is 0 Å². The summed E-state index contributed by atoms with van der Waals surface area (Å²) in [5.74, 6) is 2.75. The topological polar surface area (TPSA) is 6.48 Å². The fourth-order valence-corrected chi connectivity index (χ4v) is 4.96. The average Bonchev–Trinajstić information content (AvgIpc) is 3.20. The monoisotopic (exact) mass is 328 g/mol. The molecule has 2 nitrogen and oxygen atoms in total. The third kappa shape index (κ3) is 3.67. The summed E-state index contributed by atoms with van der Waals surface area (Å²) in [6, 6.07) is 9.08. The molecule has 1 heterocycles. The van der Waals surface area contributed by atoms with E-state index < -0.39 is 0 Å². The Balaban J connectivity index is 1.23. The molecule has 1 aromatic carbocycles. The standard InChI is InChI=1S/C20H28N2S/c1-23-20-6-3-16(4-7-20)14-21-8-10-22(11-9-21)15-19-13-17-2-5-18(19)12-17/h2-7,17-19H,8-15H2,1H3/t17-,18+,19+/m1/s1. The van der Waals surface area contributed by atoms with Gasteiger partial charge in [-0.2, -0.15) is 0 Å². The third-order valence-electron chi connectivity index (χ3n) is 5.94. The molecule has 2 aliphatic carbocycles. The van der Waals surface area contributed by atoms with Gasteiger partial charge in [0.15, 0.2) is 0 Å². The predicted octanol–water partition coefficient (Wildman–Crippen LogP) is 3.74. The lowest BCUT2D eigenvalue weighted by Crippen LogP contribution is -2.47. The van der Waals surface area contributed by atoms with Crippen LogP contribution in [0.3, 0.4) is 0 Å². The molecule has 0 amide bonds. The lowest BCUT2D eigenvalue weighted by atomic mass is 9.93. The van der Waals surface area contributed by atoms with Gasteiger partial charge in [0.1, 0.15) is 0 Å². The van der Waals surface area contributed by atoms with E-state index in [0.29, 0.717) is 0 Å². The maximum Gasteiger partial charge on any atom is 0.0234 e. The molecule has 0 spiro atoms. The van der Waals surface area contributed by atoms with Crippen molar-refractivity contribution in [2.45, 2.75) is 24.3 Å². The van der Waals surface area contributed by atoms with Crippen LogP contribution in [0.25, 0.3) is 0 Å². The lowest BCUT2D eigenvalue weighted by molar-refractivity contribution is 0.108. The van der Waals surface area contributed by atoms with Gasteiger partial charge in [0, 0.05) is 44.2 Å². The second-order valence-electron chi connectivity index (χ2n) is 7.47. The van der Waals surface area contributed by atoms with Crippen molar-refractivity contribution in [2.24, 2.45) is 17.8 Å². The van der Waals surface area contributed by atoms with Crippen LogP contribution < -0.4 is 0 Å². The van der Waals surface area contributed by atoms with Gasteiger partial charge in [0.05, 0.1) is 0 Å². The van der Waals surface area contributed by atoms with Crippen molar-refractivity contribution in [3.63, 3.8) is 0 Å². The highest BCUT2D eigenvalue weighted by atomic mass is 32.2. The van der Waals surface area contributed by atoms with Crippen molar-refractivity contribution in [2.75, 3.05) is 39.0 Å². The number of hydrogen-bond acceptors (Lipinski definition) is 3. The Kier molecular flexibility index (Phi) is 4.79. The van der Waals surface area contributed by atoms with Crippen molar-refractivity contribution in [1.82, 2.24) is 9.80 Å². The minimum atomic E-state index is 0.896. The van der Waals surface area contributed by atoms with Gasteiger partial charge in [-0.15, -0.1) is 11.8 Å². The van der Waals surface area contributed by atoms with Crippen LogP contribution in [-0.2, 0) is 6.54 Å². The molecule has 2 bridgehead atoms. The number of allylic oxidation sites excluding steroid dienone is 2. The Morgan fingerprint density at radius 2 is 1.70 bits per heavy atom. The molecule has 0 N–H and O–H groups in total. The highest BCUT2D eigenvalue weighted by molar-refractivity contribution is 7.98. The average molecular weight is 329 g/mol. The molecular weight excluding hydrogens is 300 g/mol. The smallest absolute Gasteiger partial charge is 0.0234 e. The van der Waals surface area contributed by atoms with Crippen LogP contribution in [-0.4, -0.2) is 48.8 Å². The second-order valence-corrected chi connectivity index (χ2v) is 8.34. The van der Waals surface area contributed by atoms with E-state index in [1.807, 2.05) is 11.8 Å².